The number of amides is 1. The molecule has 0 bridgehead atoms. The van der Waals surface area contributed by atoms with Crippen molar-refractivity contribution in [2.75, 3.05) is 12.0 Å². The molecule has 0 radical (unpaired) electrons. The van der Waals surface area contributed by atoms with Gasteiger partial charge < -0.3 is 15.4 Å². The number of carbonyl (C=O) groups is 1. The molecule has 0 saturated heterocycles. The Labute approximate surface area is 118 Å². The first-order valence-corrected chi connectivity index (χ1v) is 7.54. The fourth-order valence-electron chi connectivity index (χ4n) is 1.92. The standard InChI is InChI=1S/C13H20BNO3S/c1-9-4-5-11(10(2)6-9)7-12(14(17)18)15-13(16)8-19-3/h4-6,12,17-18H,7-8H2,1-3H3,(H,15,16). The van der Waals surface area contributed by atoms with E-state index in [0.29, 0.717) is 12.2 Å². The molecule has 1 atom stereocenters. The number of hydrogen-bond donors (Lipinski definition) is 3. The van der Waals surface area contributed by atoms with Crippen molar-refractivity contribution in [3.8, 4) is 0 Å². The van der Waals surface area contributed by atoms with Crippen LogP contribution < -0.4 is 5.32 Å². The van der Waals surface area contributed by atoms with E-state index in [2.05, 4.69) is 5.32 Å². The van der Waals surface area contributed by atoms with Gasteiger partial charge in [0.2, 0.25) is 5.91 Å². The molecule has 0 fully saturated rings. The highest BCUT2D eigenvalue weighted by molar-refractivity contribution is 7.99. The van der Waals surface area contributed by atoms with E-state index in [4.69, 9.17) is 0 Å². The van der Waals surface area contributed by atoms with Crippen molar-refractivity contribution in [1.29, 1.82) is 0 Å². The molecule has 4 nitrogen and oxygen atoms in total. The van der Waals surface area contributed by atoms with Crippen molar-refractivity contribution in [3.05, 3.63) is 34.9 Å². The minimum Gasteiger partial charge on any atom is -0.426 e. The fraction of sp³-hybridized carbons (Fsp3) is 0.462. The predicted molar refractivity (Wildman–Crippen MR) is 80.1 cm³/mol. The summed E-state index contributed by atoms with van der Waals surface area (Å²) in [5, 5.41) is 21.4. The summed E-state index contributed by atoms with van der Waals surface area (Å²) in [6.45, 7) is 3.99. The van der Waals surface area contributed by atoms with E-state index >= 15 is 0 Å². The maximum absolute atomic E-state index is 11.5. The molecule has 3 N–H and O–H groups in total. The van der Waals surface area contributed by atoms with Gasteiger partial charge in [-0.15, -0.1) is 0 Å². The zero-order valence-electron chi connectivity index (χ0n) is 11.5. The molecule has 1 unspecified atom stereocenters. The van der Waals surface area contributed by atoms with Crippen LogP contribution in [0, 0.1) is 13.8 Å². The van der Waals surface area contributed by atoms with Crippen LogP contribution in [0.1, 0.15) is 16.7 Å². The molecule has 0 heterocycles. The molecule has 0 spiro atoms. The Morgan fingerprint density at radius 2 is 2.11 bits per heavy atom. The minimum absolute atomic E-state index is 0.185. The minimum atomic E-state index is -1.56. The van der Waals surface area contributed by atoms with Crippen LogP contribution in [0.2, 0.25) is 0 Å². The molecule has 19 heavy (non-hydrogen) atoms. The summed E-state index contributed by atoms with van der Waals surface area (Å²) in [7, 11) is -1.56. The molecule has 1 amide bonds. The number of rotatable bonds is 6. The molecule has 0 aliphatic heterocycles. The number of hydrogen-bond acceptors (Lipinski definition) is 4. The SMILES string of the molecule is CSCC(=O)NC(Cc1ccc(C)cc1C)B(O)O. The Kier molecular flexibility index (Phi) is 6.41. The number of carbonyl (C=O) groups excluding carboxylic acids is 1. The molecular weight excluding hydrogens is 261 g/mol. The molecular formula is C13H20BNO3S. The third kappa shape index (κ3) is 5.26. The average Bonchev–Trinajstić information content (AvgIpc) is 2.31. The Balaban J connectivity index is 2.75. The molecule has 0 aliphatic carbocycles. The Morgan fingerprint density at radius 1 is 1.42 bits per heavy atom. The summed E-state index contributed by atoms with van der Waals surface area (Å²) >= 11 is 1.40. The highest BCUT2D eigenvalue weighted by Crippen LogP contribution is 2.13. The molecule has 104 valence electrons. The molecule has 0 aliphatic rings. The van der Waals surface area contributed by atoms with Crippen molar-refractivity contribution >= 4 is 24.8 Å². The quantitative estimate of drug-likeness (QED) is 0.672. The largest absolute Gasteiger partial charge is 0.475 e. The Bertz CT molecular complexity index is 440. The van der Waals surface area contributed by atoms with Gasteiger partial charge in [-0.2, -0.15) is 11.8 Å². The summed E-state index contributed by atoms with van der Waals surface area (Å²) in [4.78, 5) is 11.5. The van der Waals surface area contributed by atoms with Gasteiger partial charge in [-0.25, -0.2) is 0 Å². The lowest BCUT2D eigenvalue weighted by atomic mass is 9.75. The Hall–Kier alpha value is -0.975. The first kappa shape index (κ1) is 16.1. The van der Waals surface area contributed by atoms with E-state index < -0.39 is 13.1 Å². The van der Waals surface area contributed by atoms with Gasteiger partial charge in [-0.05, 0) is 37.7 Å². The molecule has 6 heteroatoms. The highest BCUT2D eigenvalue weighted by atomic mass is 32.2. The maximum atomic E-state index is 11.5. The lowest BCUT2D eigenvalue weighted by Crippen LogP contribution is -2.48. The molecule has 1 rings (SSSR count). The van der Waals surface area contributed by atoms with Gasteiger partial charge in [0.05, 0.1) is 11.7 Å². The van der Waals surface area contributed by atoms with Gasteiger partial charge in [0, 0.05) is 0 Å². The summed E-state index contributed by atoms with van der Waals surface area (Å²) in [5.41, 5.74) is 3.26. The van der Waals surface area contributed by atoms with E-state index in [1.807, 2.05) is 38.3 Å². The van der Waals surface area contributed by atoms with Crippen LogP contribution in [0.5, 0.6) is 0 Å². The average molecular weight is 281 g/mol. The van der Waals surface area contributed by atoms with Gasteiger partial charge in [-0.3, -0.25) is 4.79 Å². The van der Waals surface area contributed by atoms with Crippen LogP contribution in [0.4, 0.5) is 0 Å². The second kappa shape index (κ2) is 7.57. The van der Waals surface area contributed by atoms with E-state index in [-0.39, 0.29) is 5.91 Å². The van der Waals surface area contributed by atoms with Crippen LogP contribution in [0.15, 0.2) is 18.2 Å². The van der Waals surface area contributed by atoms with Gasteiger partial charge >= 0.3 is 7.12 Å². The summed E-state index contributed by atoms with van der Waals surface area (Å²) in [5.74, 6) is -0.549. The zero-order chi connectivity index (χ0) is 14.4. The summed E-state index contributed by atoms with van der Waals surface area (Å²) in [6, 6.07) is 5.98. The summed E-state index contributed by atoms with van der Waals surface area (Å²) < 4.78 is 0. The lowest BCUT2D eigenvalue weighted by Gasteiger charge is -2.19. The van der Waals surface area contributed by atoms with E-state index in [1.165, 1.54) is 11.8 Å². The smallest absolute Gasteiger partial charge is 0.426 e. The van der Waals surface area contributed by atoms with Gasteiger partial charge in [-0.1, -0.05) is 23.8 Å². The van der Waals surface area contributed by atoms with Gasteiger partial charge in [0.1, 0.15) is 0 Å². The van der Waals surface area contributed by atoms with Gasteiger partial charge in [0.15, 0.2) is 0 Å². The number of aryl methyl sites for hydroxylation is 2. The third-order valence-corrected chi connectivity index (χ3v) is 3.47. The second-order valence-electron chi connectivity index (χ2n) is 4.65. The van der Waals surface area contributed by atoms with E-state index in [1.54, 1.807) is 0 Å². The third-order valence-electron chi connectivity index (χ3n) is 2.92. The first-order chi connectivity index (χ1) is 8.93. The van der Waals surface area contributed by atoms with Crippen LogP contribution in [-0.2, 0) is 11.2 Å². The number of benzene rings is 1. The van der Waals surface area contributed by atoms with Crippen molar-refractivity contribution in [1.82, 2.24) is 5.32 Å². The van der Waals surface area contributed by atoms with Crippen LogP contribution in [0.25, 0.3) is 0 Å². The zero-order valence-corrected chi connectivity index (χ0v) is 12.3. The van der Waals surface area contributed by atoms with Crippen LogP contribution >= 0.6 is 11.8 Å². The lowest BCUT2D eigenvalue weighted by molar-refractivity contribution is -0.118. The van der Waals surface area contributed by atoms with Crippen molar-refractivity contribution in [2.24, 2.45) is 0 Å². The number of thioether (sulfide) groups is 1. The second-order valence-corrected chi connectivity index (χ2v) is 5.52. The van der Waals surface area contributed by atoms with Gasteiger partial charge in [0.25, 0.3) is 0 Å². The van der Waals surface area contributed by atoms with Crippen LogP contribution in [-0.4, -0.2) is 41.0 Å². The number of nitrogens with one attached hydrogen (secondary N) is 1. The predicted octanol–water partition coefficient (Wildman–Crippen LogP) is 0.706. The van der Waals surface area contributed by atoms with E-state index in [0.717, 1.165) is 16.7 Å². The highest BCUT2D eigenvalue weighted by Gasteiger charge is 2.25. The monoisotopic (exact) mass is 281 g/mol. The molecule has 1 aromatic rings. The topological polar surface area (TPSA) is 69.6 Å². The summed E-state index contributed by atoms with van der Waals surface area (Å²) in [6.07, 6.45) is 2.23. The molecule has 1 aromatic carbocycles. The van der Waals surface area contributed by atoms with E-state index in [9.17, 15) is 14.8 Å². The molecule has 0 saturated carbocycles. The Morgan fingerprint density at radius 3 is 2.63 bits per heavy atom. The van der Waals surface area contributed by atoms with Crippen molar-refractivity contribution < 1.29 is 14.8 Å². The maximum Gasteiger partial charge on any atom is 0.475 e. The van der Waals surface area contributed by atoms with Crippen LogP contribution in [0.3, 0.4) is 0 Å². The van der Waals surface area contributed by atoms with Crippen molar-refractivity contribution in [3.63, 3.8) is 0 Å². The normalized spacial score (nSPS) is 12.1. The van der Waals surface area contributed by atoms with Crippen molar-refractivity contribution in [2.45, 2.75) is 26.2 Å². The first-order valence-electron chi connectivity index (χ1n) is 6.14. The molecule has 0 aromatic heterocycles. The fourth-order valence-corrected chi connectivity index (χ4v) is 2.27.